The molecule has 0 spiro atoms. The van der Waals surface area contributed by atoms with Crippen LogP contribution in [0.25, 0.3) is 22.3 Å². The number of aromatic hydroxyl groups is 2. The molecule has 114 valence electrons. The smallest absolute Gasteiger partial charge is 0.135 e. The molecule has 0 saturated heterocycles. The Morgan fingerprint density at radius 1 is 0.609 bits per heavy atom. The summed E-state index contributed by atoms with van der Waals surface area (Å²) in [6.07, 6.45) is 0. The van der Waals surface area contributed by atoms with E-state index in [4.69, 9.17) is 4.74 Å². The summed E-state index contributed by atoms with van der Waals surface area (Å²) in [7, 11) is 0. The molecule has 0 aliphatic carbocycles. The molecule has 0 saturated carbocycles. The number of benzene rings is 3. The highest BCUT2D eigenvalue weighted by molar-refractivity contribution is 5.89. The Kier molecular flexibility index (Phi) is 3.28. The predicted octanol–water partition coefficient (Wildman–Crippen LogP) is 4.46. The fourth-order valence-corrected chi connectivity index (χ4v) is 3.19. The highest BCUT2D eigenvalue weighted by Gasteiger charge is 2.28. The SMILES string of the molecule is Oc1c2c(c(-c3ccccc3)c(O)c1-c1ccccc1)COC2. The Morgan fingerprint density at radius 3 is 1.74 bits per heavy atom. The van der Waals surface area contributed by atoms with Crippen molar-refractivity contribution < 1.29 is 14.9 Å². The van der Waals surface area contributed by atoms with Gasteiger partial charge in [0.2, 0.25) is 0 Å². The third kappa shape index (κ3) is 2.17. The van der Waals surface area contributed by atoms with Crippen LogP contribution in [0.4, 0.5) is 0 Å². The van der Waals surface area contributed by atoms with E-state index >= 15 is 0 Å². The van der Waals surface area contributed by atoms with Gasteiger partial charge in [-0.15, -0.1) is 0 Å². The third-order valence-corrected chi connectivity index (χ3v) is 4.28. The lowest BCUT2D eigenvalue weighted by atomic mass is 9.89. The summed E-state index contributed by atoms with van der Waals surface area (Å²) in [5.41, 5.74) is 4.55. The maximum atomic E-state index is 10.9. The van der Waals surface area contributed by atoms with Crippen molar-refractivity contribution in [1.29, 1.82) is 0 Å². The van der Waals surface area contributed by atoms with Crippen LogP contribution in [-0.4, -0.2) is 10.2 Å². The Balaban J connectivity index is 2.06. The summed E-state index contributed by atoms with van der Waals surface area (Å²) in [5, 5.41) is 21.6. The molecule has 2 N–H and O–H groups in total. The molecule has 1 aliphatic rings. The fraction of sp³-hybridized carbons (Fsp3) is 0.100. The summed E-state index contributed by atoms with van der Waals surface area (Å²) < 4.78 is 5.53. The van der Waals surface area contributed by atoms with Crippen molar-refractivity contribution >= 4 is 0 Å². The normalized spacial score (nSPS) is 13.0. The molecule has 0 fully saturated rings. The van der Waals surface area contributed by atoms with Crippen LogP contribution in [-0.2, 0) is 18.0 Å². The minimum atomic E-state index is 0.101. The first-order valence-corrected chi connectivity index (χ1v) is 7.55. The molecule has 1 heterocycles. The van der Waals surface area contributed by atoms with Crippen molar-refractivity contribution in [1.82, 2.24) is 0 Å². The Hall–Kier alpha value is -2.78. The zero-order valence-corrected chi connectivity index (χ0v) is 12.5. The van der Waals surface area contributed by atoms with Gasteiger partial charge in [-0.1, -0.05) is 60.7 Å². The van der Waals surface area contributed by atoms with Crippen LogP contribution >= 0.6 is 0 Å². The number of phenolic OH excluding ortho intramolecular Hbond substituents is 2. The summed E-state index contributed by atoms with van der Waals surface area (Å²) in [6.45, 7) is 0.761. The average Bonchev–Trinajstić information content (AvgIpc) is 3.07. The van der Waals surface area contributed by atoms with Gasteiger partial charge < -0.3 is 14.9 Å². The molecule has 4 rings (SSSR count). The van der Waals surface area contributed by atoms with Gasteiger partial charge in [-0.3, -0.25) is 0 Å². The second kappa shape index (κ2) is 5.45. The van der Waals surface area contributed by atoms with E-state index in [1.807, 2.05) is 60.7 Å². The first-order chi connectivity index (χ1) is 11.3. The van der Waals surface area contributed by atoms with Crippen LogP contribution in [0.15, 0.2) is 60.7 Å². The highest BCUT2D eigenvalue weighted by atomic mass is 16.5. The van der Waals surface area contributed by atoms with Crippen LogP contribution < -0.4 is 0 Å². The zero-order chi connectivity index (χ0) is 15.8. The van der Waals surface area contributed by atoms with E-state index in [0.717, 1.165) is 27.8 Å². The van der Waals surface area contributed by atoms with Crippen molar-refractivity contribution in [3.05, 3.63) is 71.8 Å². The van der Waals surface area contributed by atoms with Crippen LogP contribution in [0.2, 0.25) is 0 Å². The first-order valence-electron chi connectivity index (χ1n) is 7.55. The fourth-order valence-electron chi connectivity index (χ4n) is 3.19. The molecular weight excluding hydrogens is 288 g/mol. The monoisotopic (exact) mass is 304 g/mol. The second-order valence-corrected chi connectivity index (χ2v) is 5.63. The topological polar surface area (TPSA) is 49.7 Å². The molecule has 3 aromatic rings. The molecule has 1 aliphatic heterocycles. The zero-order valence-electron chi connectivity index (χ0n) is 12.5. The van der Waals surface area contributed by atoms with Gasteiger partial charge >= 0.3 is 0 Å². The van der Waals surface area contributed by atoms with Gasteiger partial charge in [0.1, 0.15) is 11.5 Å². The lowest BCUT2D eigenvalue weighted by molar-refractivity contribution is 0.133. The third-order valence-electron chi connectivity index (χ3n) is 4.28. The molecule has 0 aromatic heterocycles. The van der Waals surface area contributed by atoms with E-state index in [9.17, 15) is 10.2 Å². The van der Waals surface area contributed by atoms with Crippen molar-refractivity contribution in [2.75, 3.05) is 0 Å². The number of hydrogen-bond acceptors (Lipinski definition) is 3. The molecular formula is C20H16O3. The first kappa shape index (κ1) is 13.9. The van der Waals surface area contributed by atoms with Gasteiger partial charge in [-0.05, 0) is 16.7 Å². The van der Waals surface area contributed by atoms with E-state index in [-0.39, 0.29) is 11.5 Å². The van der Waals surface area contributed by atoms with Gasteiger partial charge in [-0.2, -0.15) is 0 Å². The minimum absolute atomic E-state index is 0.101. The summed E-state index contributed by atoms with van der Waals surface area (Å²) in [6, 6.07) is 19.2. The summed E-state index contributed by atoms with van der Waals surface area (Å²) >= 11 is 0. The standard InChI is InChI=1S/C20H16O3/c21-19-16-12-23-11-15(16)17(13-7-3-1-4-8-13)20(22)18(19)14-9-5-2-6-10-14/h1-10,21-22H,11-12H2. The van der Waals surface area contributed by atoms with Gasteiger partial charge in [0, 0.05) is 11.1 Å². The van der Waals surface area contributed by atoms with Crippen molar-refractivity contribution in [2.24, 2.45) is 0 Å². The molecule has 0 radical (unpaired) electrons. The Labute approximate surface area is 134 Å². The molecule has 23 heavy (non-hydrogen) atoms. The van der Waals surface area contributed by atoms with Crippen LogP contribution in [0.3, 0.4) is 0 Å². The van der Waals surface area contributed by atoms with E-state index < -0.39 is 0 Å². The van der Waals surface area contributed by atoms with Gasteiger partial charge in [0.05, 0.1) is 18.8 Å². The molecule has 0 amide bonds. The molecule has 0 unspecified atom stereocenters. The predicted molar refractivity (Wildman–Crippen MR) is 89.1 cm³/mol. The highest BCUT2D eigenvalue weighted by Crippen LogP contribution is 2.50. The number of hydrogen-bond donors (Lipinski definition) is 2. The lowest BCUT2D eigenvalue weighted by Gasteiger charge is -2.17. The maximum absolute atomic E-state index is 10.9. The second-order valence-electron chi connectivity index (χ2n) is 5.63. The van der Waals surface area contributed by atoms with Crippen molar-refractivity contribution in [3.63, 3.8) is 0 Å². The Morgan fingerprint density at radius 2 is 1.13 bits per heavy atom. The van der Waals surface area contributed by atoms with Gasteiger partial charge in [0.25, 0.3) is 0 Å². The minimum Gasteiger partial charge on any atom is -0.507 e. The average molecular weight is 304 g/mol. The molecule has 3 heteroatoms. The summed E-state index contributed by atoms with van der Waals surface area (Å²) in [4.78, 5) is 0. The quantitative estimate of drug-likeness (QED) is 0.735. The lowest BCUT2D eigenvalue weighted by Crippen LogP contribution is -1.94. The largest absolute Gasteiger partial charge is 0.507 e. The van der Waals surface area contributed by atoms with Gasteiger partial charge in [0.15, 0.2) is 0 Å². The Bertz CT molecular complexity index is 855. The van der Waals surface area contributed by atoms with Crippen LogP contribution in [0, 0.1) is 0 Å². The molecule has 0 bridgehead atoms. The van der Waals surface area contributed by atoms with Crippen molar-refractivity contribution in [3.8, 4) is 33.8 Å². The van der Waals surface area contributed by atoms with E-state index in [0.29, 0.717) is 18.8 Å². The summed E-state index contributed by atoms with van der Waals surface area (Å²) in [5.74, 6) is 0.213. The maximum Gasteiger partial charge on any atom is 0.135 e. The number of ether oxygens (including phenoxy) is 1. The van der Waals surface area contributed by atoms with E-state index in [2.05, 4.69) is 0 Å². The van der Waals surface area contributed by atoms with E-state index in [1.54, 1.807) is 0 Å². The molecule has 0 atom stereocenters. The number of rotatable bonds is 2. The van der Waals surface area contributed by atoms with Crippen LogP contribution in [0.1, 0.15) is 11.1 Å². The van der Waals surface area contributed by atoms with Crippen molar-refractivity contribution in [2.45, 2.75) is 13.2 Å². The molecule has 3 nitrogen and oxygen atoms in total. The van der Waals surface area contributed by atoms with Gasteiger partial charge in [-0.25, -0.2) is 0 Å². The number of fused-ring (bicyclic) bond motifs is 1. The molecule has 3 aromatic carbocycles. The van der Waals surface area contributed by atoms with Crippen LogP contribution in [0.5, 0.6) is 11.5 Å². The van der Waals surface area contributed by atoms with E-state index in [1.165, 1.54) is 0 Å². The number of phenols is 2.